The standard InChI is InChI=1S/C11H14BrNO7.C4H10O/c1-19-8-4-7(12)9(20-2)3-6(8)10(15,16)11(17,18)13-5-14;1-3-4-5-2/h3-5,15-18H,1-2H3,(H,13,14);3-4H2,1-2H3. The molecular formula is C15H24BrNO8. The van der Waals surface area contributed by atoms with Crippen LogP contribution in [0.3, 0.4) is 0 Å². The molecule has 0 spiro atoms. The van der Waals surface area contributed by atoms with Gasteiger partial charge in [-0.05, 0) is 34.5 Å². The predicted molar refractivity (Wildman–Crippen MR) is 91.9 cm³/mol. The Morgan fingerprint density at radius 2 is 1.68 bits per heavy atom. The normalized spacial score (nSPS) is 11.2. The summed E-state index contributed by atoms with van der Waals surface area (Å²) in [4.78, 5) is 10.3. The lowest BCUT2D eigenvalue weighted by molar-refractivity contribution is -0.374. The number of benzene rings is 1. The van der Waals surface area contributed by atoms with Crippen molar-refractivity contribution in [3.05, 3.63) is 22.2 Å². The average Bonchev–Trinajstić information content (AvgIpc) is 2.55. The Morgan fingerprint density at radius 1 is 1.12 bits per heavy atom. The van der Waals surface area contributed by atoms with Crippen LogP contribution >= 0.6 is 15.9 Å². The highest BCUT2D eigenvalue weighted by atomic mass is 79.9. The fourth-order valence-corrected chi connectivity index (χ4v) is 2.19. The van der Waals surface area contributed by atoms with E-state index in [1.54, 1.807) is 7.11 Å². The van der Waals surface area contributed by atoms with Gasteiger partial charge in [0.15, 0.2) is 0 Å². The van der Waals surface area contributed by atoms with E-state index in [1.165, 1.54) is 25.6 Å². The summed E-state index contributed by atoms with van der Waals surface area (Å²) in [7, 11) is 4.29. The summed E-state index contributed by atoms with van der Waals surface area (Å²) in [5.41, 5.74) is -0.417. The third-order valence-corrected chi connectivity index (χ3v) is 3.62. The summed E-state index contributed by atoms with van der Waals surface area (Å²) < 4.78 is 15.1. The van der Waals surface area contributed by atoms with E-state index in [4.69, 9.17) is 14.2 Å². The molecule has 0 aliphatic heterocycles. The second-order valence-corrected chi connectivity index (χ2v) is 5.64. The van der Waals surface area contributed by atoms with Crippen molar-refractivity contribution in [2.45, 2.75) is 25.0 Å². The minimum atomic E-state index is -3.33. The number of ether oxygens (including phenoxy) is 3. The fraction of sp³-hybridized carbons (Fsp3) is 0.533. The first kappa shape index (κ1) is 23.6. The SMILES string of the molecule is CCCOC.COc1cc(C(O)(O)C(O)(O)NC=O)c(OC)cc1Br. The first-order chi connectivity index (χ1) is 11.6. The van der Waals surface area contributed by atoms with Crippen molar-refractivity contribution in [1.29, 1.82) is 0 Å². The van der Waals surface area contributed by atoms with Crippen molar-refractivity contribution in [3.8, 4) is 11.5 Å². The van der Waals surface area contributed by atoms with Crippen LogP contribution in [-0.4, -0.2) is 60.7 Å². The molecule has 0 radical (unpaired) electrons. The quantitative estimate of drug-likeness (QED) is 0.290. The van der Waals surface area contributed by atoms with Crippen LogP contribution in [0.1, 0.15) is 18.9 Å². The number of aliphatic hydroxyl groups is 4. The first-order valence-electron chi connectivity index (χ1n) is 7.14. The van der Waals surface area contributed by atoms with Gasteiger partial charge in [-0.2, -0.15) is 0 Å². The molecule has 0 saturated heterocycles. The molecule has 5 N–H and O–H groups in total. The van der Waals surface area contributed by atoms with Crippen LogP contribution in [0.2, 0.25) is 0 Å². The van der Waals surface area contributed by atoms with E-state index in [-0.39, 0.29) is 17.9 Å². The number of carbonyl (C=O) groups excluding carboxylic acids is 1. The van der Waals surface area contributed by atoms with Crippen LogP contribution in [0.4, 0.5) is 0 Å². The van der Waals surface area contributed by atoms with Gasteiger partial charge in [0.25, 0.3) is 5.79 Å². The molecular weight excluding hydrogens is 402 g/mol. The van der Waals surface area contributed by atoms with E-state index in [0.29, 0.717) is 4.47 Å². The smallest absolute Gasteiger partial charge is 0.308 e. The van der Waals surface area contributed by atoms with E-state index in [0.717, 1.165) is 19.1 Å². The van der Waals surface area contributed by atoms with Crippen molar-refractivity contribution in [3.63, 3.8) is 0 Å². The highest BCUT2D eigenvalue weighted by Gasteiger charge is 2.51. The number of methoxy groups -OCH3 is 3. The van der Waals surface area contributed by atoms with Gasteiger partial charge in [0, 0.05) is 13.7 Å². The minimum absolute atomic E-state index is 0.0668. The molecule has 1 amide bonds. The third kappa shape index (κ3) is 6.10. The van der Waals surface area contributed by atoms with Crippen LogP contribution in [0.15, 0.2) is 16.6 Å². The van der Waals surface area contributed by atoms with Crippen LogP contribution in [-0.2, 0) is 15.3 Å². The Hall–Kier alpha value is -1.43. The summed E-state index contributed by atoms with van der Waals surface area (Å²) in [5, 5.41) is 40.5. The Balaban J connectivity index is 0.00000101. The Bertz CT molecular complexity index is 549. The number of hydrogen-bond donors (Lipinski definition) is 5. The molecule has 0 aliphatic rings. The molecule has 144 valence electrons. The van der Waals surface area contributed by atoms with Crippen LogP contribution in [0.25, 0.3) is 0 Å². The van der Waals surface area contributed by atoms with Crippen molar-refractivity contribution in [1.82, 2.24) is 5.32 Å². The second kappa shape index (κ2) is 10.5. The topological polar surface area (TPSA) is 138 Å². The Labute approximate surface area is 154 Å². The van der Waals surface area contributed by atoms with Gasteiger partial charge in [-0.1, -0.05) is 6.92 Å². The van der Waals surface area contributed by atoms with Gasteiger partial charge in [-0.25, -0.2) is 0 Å². The minimum Gasteiger partial charge on any atom is -0.496 e. The molecule has 0 saturated carbocycles. The maximum Gasteiger partial charge on any atom is 0.308 e. The summed E-state index contributed by atoms with van der Waals surface area (Å²) in [5.74, 6) is -6.45. The highest BCUT2D eigenvalue weighted by Crippen LogP contribution is 2.40. The van der Waals surface area contributed by atoms with Crippen LogP contribution in [0, 0.1) is 0 Å². The predicted octanol–water partition coefficient (Wildman–Crippen LogP) is 0.0309. The maximum atomic E-state index is 10.3. The fourth-order valence-electron chi connectivity index (χ4n) is 1.71. The molecule has 10 heteroatoms. The van der Waals surface area contributed by atoms with Gasteiger partial charge >= 0.3 is 5.91 Å². The molecule has 0 unspecified atom stereocenters. The third-order valence-electron chi connectivity index (χ3n) is 3.00. The molecule has 0 aromatic heterocycles. The Morgan fingerprint density at radius 3 is 2.04 bits per heavy atom. The summed E-state index contributed by atoms with van der Waals surface area (Å²) in [6.45, 7) is 2.98. The molecule has 9 nitrogen and oxygen atoms in total. The van der Waals surface area contributed by atoms with Crippen molar-refractivity contribution in [2.75, 3.05) is 27.9 Å². The summed E-state index contributed by atoms with van der Waals surface area (Å²) >= 11 is 3.17. The summed E-state index contributed by atoms with van der Waals surface area (Å²) in [6, 6.07) is 2.46. The molecule has 25 heavy (non-hydrogen) atoms. The molecule has 0 fully saturated rings. The van der Waals surface area contributed by atoms with Crippen LogP contribution < -0.4 is 14.8 Å². The zero-order valence-corrected chi connectivity index (χ0v) is 16.0. The second-order valence-electron chi connectivity index (χ2n) is 4.79. The number of hydrogen-bond acceptors (Lipinski definition) is 8. The lowest BCUT2D eigenvalue weighted by atomic mass is 10.0. The van der Waals surface area contributed by atoms with Crippen molar-refractivity contribution in [2.24, 2.45) is 0 Å². The average molecular weight is 426 g/mol. The zero-order chi connectivity index (χ0) is 19.7. The van der Waals surface area contributed by atoms with Gasteiger partial charge in [-0.3, -0.25) is 4.79 Å². The van der Waals surface area contributed by atoms with Gasteiger partial charge in [-0.15, -0.1) is 0 Å². The maximum absolute atomic E-state index is 10.3. The van der Waals surface area contributed by atoms with E-state index < -0.39 is 17.3 Å². The monoisotopic (exact) mass is 425 g/mol. The van der Waals surface area contributed by atoms with Gasteiger partial charge < -0.3 is 40.0 Å². The van der Waals surface area contributed by atoms with E-state index in [1.807, 2.05) is 0 Å². The number of nitrogens with one attached hydrogen (secondary N) is 1. The number of halogens is 1. The first-order valence-corrected chi connectivity index (χ1v) is 7.93. The number of amides is 1. The summed E-state index contributed by atoms with van der Waals surface area (Å²) in [6.07, 6.45) is 1.03. The van der Waals surface area contributed by atoms with E-state index in [9.17, 15) is 25.2 Å². The molecule has 1 aromatic carbocycles. The molecule has 0 heterocycles. The van der Waals surface area contributed by atoms with Gasteiger partial charge in [0.2, 0.25) is 6.41 Å². The Kier molecular flexibility index (Phi) is 9.93. The number of rotatable bonds is 8. The van der Waals surface area contributed by atoms with E-state index in [2.05, 4.69) is 22.9 Å². The molecule has 0 atom stereocenters. The molecule has 0 aliphatic carbocycles. The van der Waals surface area contributed by atoms with E-state index >= 15 is 0 Å². The lowest BCUT2D eigenvalue weighted by Gasteiger charge is -2.35. The van der Waals surface area contributed by atoms with Gasteiger partial charge in [0.05, 0.1) is 24.3 Å². The molecule has 1 rings (SSSR count). The molecule has 1 aromatic rings. The lowest BCUT2D eigenvalue weighted by Crippen LogP contribution is -2.61. The largest absolute Gasteiger partial charge is 0.496 e. The highest BCUT2D eigenvalue weighted by molar-refractivity contribution is 9.10. The van der Waals surface area contributed by atoms with Crippen molar-refractivity contribution >= 4 is 22.3 Å². The van der Waals surface area contributed by atoms with Crippen LogP contribution in [0.5, 0.6) is 11.5 Å². The molecule has 0 bridgehead atoms. The van der Waals surface area contributed by atoms with Crippen molar-refractivity contribution < 1.29 is 39.4 Å². The zero-order valence-electron chi connectivity index (χ0n) is 14.4. The number of carbonyl (C=O) groups is 1. The van der Waals surface area contributed by atoms with Gasteiger partial charge in [0.1, 0.15) is 11.5 Å².